The first-order valence-electron chi connectivity index (χ1n) is 6.66. The highest BCUT2D eigenvalue weighted by atomic mass is 14.5. The summed E-state index contributed by atoms with van der Waals surface area (Å²) in [4.78, 5) is 0. The molecule has 1 atom stereocenters. The zero-order chi connectivity index (χ0) is 11.4. The number of nitrogens with two attached hydrogens (primary N) is 1. The fourth-order valence-electron chi connectivity index (χ4n) is 2.04. The van der Waals surface area contributed by atoms with Gasteiger partial charge in [0.15, 0.2) is 0 Å². The molecule has 0 heterocycles. The van der Waals surface area contributed by atoms with Gasteiger partial charge in [-0.05, 0) is 38.1 Å². The van der Waals surface area contributed by atoms with Crippen LogP contribution >= 0.6 is 0 Å². The van der Waals surface area contributed by atoms with E-state index in [2.05, 4.69) is 13.5 Å². The van der Waals surface area contributed by atoms with Crippen molar-refractivity contribution < 1.29 is 0 Å². The van der Waals surface area contributed by atoms with E-state index in [1.807, 2.05) is 6.08 Å². The maximum Gasteiger partial charge on any atom is -0.00489 e. The average molecular weight is 211 g/mol. The average Bonchev–Trinajstić information content (AvgIpc) is 2.26. The molecule has 2 N–H and O–H groups in total. The van der Waals surface area contributed by atoms with Crippen LogP contribution in [0.25, 0.3) is 0 Å². The Kier molecular flexibility index (Phi) is 11.5. The van der Waals surface area contributed by atoms with E-state index < -0.39 is 0 Å². The minimum Gasteiger partial charge on any atom is -0.330 e. The van der Waals surface area contributed by atoms with E-state index in [1.54, 1.807) is 0 Å². The molecule has 15 heavy (non-hydrogen) atoms. The highest BCUT2D eigenvalue weighted by Crippen LogP contribution is 2.15. The summed E-state index contributed by atoms with van der Waals surface area (Å²) >= 11 is 0. The van der Waals surface area contributed by atoms with E-state index in [4.69, 9.17) is 5.73 Å². The Morgan fingerprint density at radius 1 is 1.07 bits per heavy atom. The molecular formula is C14H29N. The molecule has 0 fully saturated rings. The summed E-state index contributed by atoms with van der Waals surface area (Å²) in [7, 11) is 0. The first kappa shape index (κ1) is 14.7. The van der Waals surface area contributed by atoms with Gasteiger partial charge in [0.1, 0.15) is 0 Å². The molecule has 0 aliphatic carbocycles. The molecule has 0 aliphatic rings. The predicted octanol–water partition coefficient (Wildman–Crippen LogP) is 4.28. The Morgan fingerprint density at radius 3 is 2.33 bits per heavy atom. The molecule has 0 spiro atoms. The number of rotatable bonds is 11. The zero-order valence-electron chi connectivity index (χ0n) is 10.5. The molecule has 0 radical (unpaired) electrons. The van der Waals surface area contributed by atoms with Gasteiger partial charge in [-0.2, -0.15) is 0 Å². The van der Waals surface area contributed by atoms with Crippen molar-refractivity contribution in [3.63, 3.8) is 0 Å². The fraction of sp³-hybridized carbons (Fsp3) is 0.857. The lowest BCUT2D eigenvalue weighted by molar-refractivity contribution is 0.428. The Bertz CT molecular complexity index is 131. The first-order valence-corrected chi connectivity index (χ1v) is 6.66. The quantitative estimate of drug-likeness (QED) is 0.401. The van der Waals surface area contributed by atoms with Crippen molar-refractivity contribution in [1.29, 1.82) is 0 Å². The minimum absolute atomic E-state index is 0.781. The van der Waals surface area contributed by atoms with Crippen LogP contribution in [0.5, 0.6) is 0 Å². The molecule has 0 aliphatic heterocycles. The van der Waals surface area contributed by atoms with Crippen LogP contribution in [0.15, 0.2) is 12.7 Å². The van der Waals surface area contributed by atoms with Gasteiger partial charge in [0.2, 0.25) is 0 Å². The van der Waals surface area contributed by atoms with Crippen LogP contribution in [0.2, 0.25) is 0 Å². The summed E-state index contributed by atoms with van der Waals surface area (Å²) < 4.78 is 0. The molecule has 1 unspecified atom stereocenters. The van der Waals surface area contributed by atoms with E-state index in [0.29, 0.717) is 0 Å². The van der Waals surface area contributed by atoms with Crippen LogP contribution in [-0.4, -0.2) is 6.54 Å². The highest BCUT2D eigenvalue weighted by molar-refractivity contribution is 4.65. The largest absolute Gasteiger partial charge is 0.330 e. The highest BCUT2D eigenvalue weighted by Gasteiger charge is 2.04. The second-order valence-corrected chi connectivity index (χ2v) is 4.52. The molecule has 0 rings (SSSR count). The van der Waals surface area contributed by atoms with Crippen molar-refractivity contribution >= 4 is 0 Å². The van der Waals surface area contributed by atoms with Gasteiger partial charge in [0.05, 0.1) is 0 Å². The van der Waals surface area contributed by atoms with Crippen molar-refractivity contribution in [1.82, 2.24) is 0 Å². The van der Waals surface area contributed by atoms with Crippen molar-refractivity contribution in [2.45, 2.75) is 64.7 Å². The molecule has 0 aromatic heterocycles. The zero-order valence-corrected chi connectivity index (χ0v) is 10.5. The van der Waals surface area contributed by atoms with Crippen molar-refractivity contribution in [2.24, 2.45) is 11.7 Å². The van der Waals surface area contributed by atoms with Gasteiger partial charge in [-0.1, -0.05) is 45.1 Å². The number of allylic oxidation sites excluding steroid dienone is 1. The third kappa shape index (κ3) is 9.99. The predicted molar refractivity (Wildman–Crippen MR) is 70.0 cm³/mol. The second kappa shape index (κ2) is 11.8. The standard InChI is InChI=1S/C14H29N/c1-3-5-6-7-8-9-10-12-14(13-15)11-4-2/h3,14H,1,4-13,15H2,2H3. The Labute approximate surface area is 96.1 Å². The molecule has 1 nitrogen and oxygen atoms in total. The first-order chi connectivity index (χ1) is 7.35. The van der Waals surface area contributed by atoms with E-state index in [-0.39, 0.29) is 0 Å². The van der Waals surface area contributed by atoms with Gasteiger partial charge in [-0.3, -0.25) is 0 Å². The lowest BCUT2D eigenvalue weighted by atomic mass is 9.96. The number of hydrogen-bond acceptors (Lipinski definition) is 1. The van der Waals surface area contributed by atoms with Gasteiger partial charge in [0, 0.05) is 0 Å². The smallest absolute Gasteiger partial charge is 0.00489 e. The molecule has 0 saturated heterocycles. The monoisotopic (exact) mass is 211 g/mol. The molecular weight excluding hydrogens is 182 g/mol. The summed E-state index contributed by atoms with van der Waals surface area (Å²) in [5.74, 6) is 0.781. The van der Waals surface area contributed by atoms with Crippen LogP contribution < -0.4 is 5.73 Å². The molecule has 0 saturated carbocycles. The summed E-state index contributed by atoms with van der Waals surface area (Å²) in [5, 5.41) is 0. The Hall–Kier alpha value is -0.300. The van der Waals surface area contributed by atoms with E-state index in [1.165, 1.54) is 57.8 Å². The lowest BCUT2D eigenvalue weighted by Gasteiger charge is -2.12. The van der Waals surface area contributed by atoms with Gasteiger partial charge in [0.25, 0.3) is 0 Å². The topological polar surface area (TPSA) is 26.0 Å². The molecule has 1 heteroatoms. The maximum atomic E-state index is 5.73. The SMILES string of the molecule is C=CCCCCCCCC(CN)CCC. The molecule has 0 bridgehead atoms. The number of hydrogen-bond donors (Lipinski definition) is 1. The lowest BCUT2D eigenvalue weighted by Crippen LogP contribution is -2.13. The molecule has 0 amide bonds. The molecule has 90 valence electrons. The summed E-state index contributed by atoms with van der Waals surface area (Å²) in [5.41, 5.74) is 5.73. The fourth-order valence-corrected chi connectivity index (χ4v) is 2.04. The molecule has 0 aromatic rings. The summed E-state index contributed by atoms with van der Waals surface area (Å²) in [6.45, 7) is 6.86. The van der Waals surface area contributed by atoms with Gasteiger partial charge >= 0.3 is 0 Å². The van der Waals surface area contributed by atoms with Crippen LogP contribution in [0.3, 0.4) is 0 Å². The second-order valence-electron chi connectivity index (χ2n) is 4.52. The van der Waals surface area contributed by atoms with Crippen molar-refractivity contribution in [3.8, 4) is 0 Å². The Balaban J connectivity index is 3.17. The third-order valence-electron chi connectivity index (χ3n) is 3.05. The minimum atomic E-state index is 0.781. The van der Waals surface area contributed by atoms with Crippen LogP contribution in [0.4, 0.5) is 0 Å². The van der Waals surface area contributed by atoms with Crippen LogP contribution in [0, 0.1) is 5.92 Å². The van der Waals surface area contributed by atoms with Crippen LogP contribution in [-0.2, 0) is 0 Å². The normalized spacial score (nSPS) is 12.7. The van der Waals surface area contributed by atoms with Crippen molar-refractivity contribution in [3.05, 3.63) is 12.7 Å². The maximum absolute atomic E-state index is 5.73. The number of unbranched alkanes of at least 4 members (excludes halogenated alkanes) is 5. The third-order valence-corrected chi connectivity index (χ3v) is 3.05. The van der Waals surface area contributed by atoms with Gasteiger partial charge in [-0.25, -0.2) is 0 Å². The van der Waals surface area contributed by atoms with Gasteiger partial charge < -0.3 is 5.73 Å². The van der Waals surface area contributed by atoms with E-state index in [0.717, 1.165) is 12.5 Å². The van der Waals surface area contributed by atoms with E-state index in [9.17, 15) is 0 Å². The van der Waals surface area contributed by atoms with Gasteiger partial charge in [-0.15, -0.1) is 6.58 Å². The van der Waals surface area contributed by atoms with Crippen LogP contribution in [0.1, 0.15) is 64.7 Å². The van der Waals surface area contributed by atoms with E-state index >= 15 is 0 Å². The summed E-state index contributed by atoms with van der Waals surface area (Å²) in [6.07, 6.45) is 14.0. The Morgan fingerprint density at radius 2 is 1.73 bits per heavy atom. The molecule has 0 aromatic carbocycles. The van der Waals surface area contributed by atoms with Crippen molar-refractivity contribution in [2.75, 3.05) is 6.54 Å². The summed E-state index contributed by atoms with van der Waals surface area (Å²) in [6, 6.07) is 0.